The fourth-order valence-corrected chi connectivity index (χ4v) is 3.53. The first-order valence-corrected chi connectivity index (χ1v) is 8.74. The molecule has 0 bridgehead atoms. The molecule has 0 amide bonds. The first kappa shape index (κ1) is 16.9. The summed E-state index contributed by atoms with van der Waals surface area (Å²) in [5.74, 6) is 0.661. The monoisotopic (exact) mass is 322 g/mol. The van der Waals surface area contributed by atoms with Gasteiger partial charge in [0.25, 0.3) is 5.56 Å². The third-order valence-electron chi connectivity index (χ3n) is 3.53. The maximum atomic E-state index is 11.9. The van der Waals surface area contributed by atoms with Crippen molar-refractivity contribution in [3.8, 4) is 0 Å². The number of aryl methyl sites for hydroxylation is 1. The Morgan fingerprint density at radius 2 is 2.14 bits per heavy atom. The molecule has 0 aliphatic rings. The van der Waals surface area contributed by atoms with Gasteiger partial charge in [0, 0.05) is 18.3 Å². The van der Waals surface area contributed by atoms with Gasteiger partial charge in [-0.15, -0.1) is 5.10 Å². The highest BCUT2D eigenvalue weighted by Gasteiger charge is 2.15. The molecule has 0 spiro atoms. The third kappa shape index (κ3) is 4.53. The lowest BCUT2D eigenvalue weighted by Crippen LogP contribution is -2.16. The van der Waals surface area contributed by atoms with Gasteiger partial charge in [-0.25, -0.2) is 4.98 Å². The Morgan fingerprint density at radius 3 is 2.77 bits per heavy atom. The predicted octanol–water partition coefficient (Wildman–Crippen LogP) is 3.59. The fourth-order valence-electron chi connectivity index (χ4n) is 2.68. The van der Waals surface area contributed by atoms with Gasteiger partial charge in [-0.2, -0.15) is 4.52 Å². The van der Waals surface area contributed by atoms with Gasteiger partial charge in [0.2, 0.25) is 10.1 Å². The highest BCUT2D eigenvalue weighted by Crippen LogP contribution is 2.26. The Bertz CT molecular complexity index is 683. The molecular formula is C16H26N4OS. The topological polar surface area (TPSA) is 59.3 Å². The molecule has 2 aromatic rings. The highest BCUT2D eigenvalue weighted by atomic mass is 32.1. The van der Waals surface area contributed by atoms with Gasteiger partial charge in [0.05, 0.1) is 0 Å². The zero-order chi connectivity index (χ0) is 16.3. The number of hydrogen-bond donors (Lipinski definition) is 1. The summed E-state index contributed by atoms with van der Waals surface area (Å²) in [7, 11) is 0. The van der Waals surface area contributed by atoms with E-state index in [0.717, 1.165) is 30.2 Å². The minimum absolute atomic E-state index is 0.104. The molecule has 0 aliphatic carbocycles. The summed E-state index contributed by atoms with van der Waals surface area (Å²) < 4.78 is 1.38. The first-order chi connectivity index (χ1) is 10.3. The Balaban J connectivity index is 1.98. The molecule has 0 radical (unpaired) electrons. The maximum absolute atomic E-state index is 11.9. The molecule has 2 rings (SSSR count). The second kappa shape index (κ2) is 6.77. The molecule has 0 aliphatic heterocycles. The van der Waals surface area contributed by atoms with Crippen molar-refractivity contribution in [3.63, 3.8) is 0 Å². The van der Waals surface area contributed by atoms with E-state index in [2.05, 4.69) is 43.1 Å². The number of nitrogens with one attached hydrogen (secondary N) is 1. The Morgan fingerprint density at radius 1 is 1.41 bits per heavy atom. The average molecular weight is 322 g/mol. The quantitative estimate of drug-likeness (QED) is 0.883. The molecular weight excluding hydrogens is 296 g/mol. The van der Waals surface area contributed by atoms with Crippen LogP contribution in [0.2, 0.25) is 0 Å². The molecule has 22 heavy (non-hydrogen) atoms. The van der Waals surface area contributed by atoms with Crippen molar-refractivity contribution in [1.82, 2.24) is 14.6 Å². The lowest BCUT2D eigenvalue weighted by atomic mass is 9.84. The Kier molecular flexibility index (Phi) is 5.21. The summed E-state index contributed by atoms with van der Waals surface area (Å²) in [5.41, 5.74) is 1.08. The molecule has 6 heteroatoms. The van der Waals surface area contributed by atoms with E-state index in [1.54, 1.807) is 6.07 Å². The molecule has 2 heterocycles. The Labute approximate surface area is 135 Å². The molecule has 0 saturated carbocycles. The van der Waals surface area contributed by atoms with Crippen molar-refractivity contribution in [2.45, 2.75) is 53.9 Å². The number of nitrogens with zero attached hydrogens (tertiary/aromatic N) is 3. The lowest BCUT2D eigenvalue weighted by molar-refractivity contribution is 0.300. The molecule has 0 fully saturated rings. The van der Waals surface area contributed by atoms with Gasteiger partial charge in [0.1, 0.15) is 0 Å². The van der Waals surface area contributed by atoms with Gasteiger partial charge >= 0.3 is 0 Å². The summed E-state index contributed by atoms with van der Waals surface area (Å²) in [6.07, 6.45) is 3.06. The van der Waals surface area contributed by atoms with Gasteiger partial charge in [-0.1, -0.05) is 46.0 Å². The van der Waals surface area contributed by atoms with E-state index in [1.807, 2.05) is 6.92 Å². The number of aromatic nitrogens is 3. The van der Waals surface area contributed by atoms with E-state index in [-0.39, 0.29) is 5.56 Å². The predicted molar refractivity (Wildman–Crippen MR) is 92.9 cm³/mol. The van der Waals surface area contributed by atoms with E-state index in [4.69, 9.17) is 0 Å². The van der Waals surface area contributed by atoms with Crippen LogP contribution in [0.25, 0.3) is 4.96 Å². The largest absolute Gasteiger partial charge is 0.360 e. The summed E-state index contributed by atoms with van der Waals surface area (Å²) in [6.45, 7) is 12.0. The normalized spacial score (nSPS) is 13.5. The van der Waals surface area contributed by atoms with Crippen LogP contribution in [0.5, 0.6) is 0 Å². The Hall–Kier alpha value is -1.43. The zero-order valence-corrected chi connectivity index (χ0v) is 15.0. The van der Waals surface area contributed by atoms with Crippen molar-refractivity contribution < 1.29 is 0 Å². The molecule has 5 nitrogen and oxygen atoms in total. The molecule has 1 atom stereocenters. The van der Waals surface area contributed by atoms with Gasteiger partial charge < -0.3 is 5.32 Å². The lowest BCUT2D eigenvalue weighted by Gasteiger charge is -2.23. The van der Waals surface area contributed by atoms with Gasteiger partial charge in [-0.05, 0) is 30.6 Å². The molecule has 0 saturated heterocycles. The number of anilines is 1. The van der Waals surface area contributed by atoms with Crippen LogP contribution in [0, 0.1) is 11.3 Å². The zero-order valence-electron chi connectivity index (χ0n) is 14.1. The second-order valence-electron chi connectivity index (χ2n) is 7.13. The minimum Gasteiger partial charge on any atom is -0.360 e. The van der Waals surface area contributed by atoms with E-state index < -0.39 is 0 Å². The smallest absolute Gasteiger partial charge is 0.275 e. The minimum atomic E-state index is -0.104. The van der Waals surface area contributed by atoms with Crippen molar-refractivity contribution in [3.05, 3.63) is 22.1 Å². The van der Waals surface area contributed by atoms with Crippen LogP contribution in [-0.2, 0) is 6.42 Å². The number of hydrogen-bond acceptors (Lipinski definition) is 5. The van der Waals surface area contributed by atoms with Crippen molar-refractivity contribution in [1.29, 1.82) is 0 Å². The van der Waals surface area contributed by atoms with E-state index in [9.17, 15) is 4.79 Å². The first-order valence-electron chi connectivity index (χ1n) is 7.92. The number of rotatable bonds is 6. The molecule has 2 aromatic heterocycles. The van der Waals surface area contributed by atoms with Gasteiger partial charge in [-0.3, -0.25) is 4.79 Å². The second-order valence-corrected chi connectivity index (χ2v) is 8.08. The van der Waals surface area contributed by atoms with Crippen LogP contribution >= 0.6 is 11.3 Å². The molecule has 0 aromatic carbocycles. The van der Waals surface area contributed by atoms with Crippen molar-refractivity contribution in [2.24, 2.45) is 11.3 Å². The summed E-state index contributed by atoms with van der Waals surface area (Å²) in [5, 5.41) is 8.40. The summed E-state index contributed by atoms with van der Waals surface area (Å²) in [6, 6.07) is 1.56. The standard InChI is InChI=1S/C16H26N4OS/c1-6-12-9-13(21)20-15(18-12)22-14(19-20)17-8-7-11(2)10-16(3,4)5/h9,11H,6-8,10H2,1-5H3,(H,17,19). The summed E-state index contributed by atoms with van der Waals surface area (Å²) >= 11 is 1.44. The van der Waals surface area contributed by atoms with E-state index in [0.29, 0.717) is 16.3 Å². The van der Waals surface area contributed by atoms with Crippen LogP contribution in [0.4, 0.5) is 5.13 Å². The van der Waals surface area contributed by atoms with Crippen molar-refractivity contribution >= 4 is 21.4 Å². The molecule has 1 unspecified atom stereocenters. The summed E-state index contributed by atoms with van der Waals surface area (Å²) in [4.78, 5) is 17.1. The van der Waals surface area contributed by atoms with Crippen LogP contribution in [0.3, 0.4) is 0 Å². The van der Waals surface area contributed by atoms with E-state index in [1.165, 1.54) is 22.3 Å². The molecule has 1 N–H and O–H groups in total. The fraction of sp³-hybridized carbons (Fsp3) is 0.688. The molecule has 122 valence electrons. The van der Waals surface area contributed by atoms with Crippen LogP contribution < -0.4 is 10.9 Å². The average Bonchev–Trinajstić information content (AvgIpc) is 2.79. The SMILES string of the molecule is CCc1cc(=O)n2nc(NCCC(C)CC(C)(C)C)sc2n1. The van der Waals surface area contributed by atoms with Gasteiger partial charge in [0.15, 0.2) is 0 Å². The van der Waals surface area contributed by atoms with E-state index >= 15 is 0 Å². The van der Waals surface area contributed by atoms with Crippen molar-refractivity contribution in [2.75, 3.05) is 11.9 Å². The van der Waals surface area contributed by atoms with Crippen LogP contribution in [0.1, 0.15) is 53.2 Å². The van der Waals surface area contributed by atoms with Crippen LogP contribution in [-0.4, -0.2) is 21.1 Å². The maximum Gasteiger partial charge on any atom is 0.275 e. The third-order valence-corrected chi connectivity index (χ3v) is 4.40. The highest BCUT2D eigenvalue weighted by molar-refractivity contribution is 7.20. The van der Waals surface area contributed by atoms with Crippen LogP contribution in [0.15, 0.2) is 10.9 Å². The number of fused-ring (bicyclic) bond motifs is 1.